The summed E-state index contributed by atoms with van der Waals surface area (Å²) in [5, 5.41) is 3.69. The van der Waals surface area contributed by atoms with Gasteiger partial charge in [-0.2, -0.15) is 0 Å². The first kappa shape index (κ1) is 15.6. The van der Waals surface area contributed by atoms with E-state index < -0.39 is 0 Å². The van der Waals surface area contributed by atoms with Gasteiger partial charge >= 0.3 is 5.97 Å². The molecule has 0 aliphatic rings. The number of anilines is 1. The number of hydrogen-bond acceptors (Lipinski definition) is 4. The van der Waals surface area contributed by atoms with Crippen LogP contribution in [-0.2, 0) is 9.53 Å². The Labute approximate surface area is 119 Å². The minimum atomic E-state index is -0.351. The number of esters is 1. The number of rotatable bonds is 7. The molecule has 0 amide bonds. The summed E-state index contributed by atoms with van der Waals surface area (Å²) in [4.78, 5) is 11.8. The van der Waals surface area contributed by atoms with E-state index in [2.05, 4.69) is 5.32 Å². The summed E-state index contributed by atoms with van der Waals surface area (Å²) in [5.74, 6) is 0.337. The predicted octanol–water partition coefficient (Wildman–Crippen LogP) is 3.49. The van der Waals surface area contributed by atoms with E-state index in [1.807, 2.05) is 13.0 Å². The Balaban J connectivity index is 2.81. The van der Waals surface area contributed by atoms with Gasteiger partial charge < -0.3 is 14.8 Å². The van der Waals surface area contributed by atoms with Crippen molar-refractivity contribution in [1.82, 2.24) is 0 Å². The Kier molecular flexibility index (Phi) is 6.50. The molecular weight excluding hydrogens is 266 g/mol. The average Bonchev–Trinajstić information content (AvgIpc) is 2.40. The molecule has 1 N–H and O–H groups in total. The highest BCUT2D eigenvalue weighted by atomic mass is 35.5. The van der Waals surface area contributed by atoms with Crippen molar-refractivity contribution < 1.29 is 14.3 Å². The lowest BCUT2D eigenvalue weighted by Crippen LogP contribution is -2.31. The highest BCUT2D eigenvalue weighted by molar-refractivity contribution is 6.32. The standard InChI is InChI=1S/C14H20ClNO3/c1-4-6-12(14(17)19-5-2)16-10-7-8-11(15)13(9-10)18-3/h7-9,12,16H,4-6H2,1-3H3. The number of nitrogens with one attached hydrogen (secondary N) is 1. The second kappa shape index (κ2) is 7.89. The maximum absolute atomic E-state index is 11.8. The molecule has 0 aromatic heterocycles. The molecule has 0 saturated heterocycles. The summed E-state index contributed by atoms with van der Waals surface area (Å²) in [6, 6.07) is 4.96. The zero-order valence-electron chi connectivity index (χ0n) is 11.5. The van der Waals surface area contributed by atoms with Crippen LogP contribution in [0.2, 0.25) is 5.02 Å². The molecule has 1 aromatic rings. The summed E-state index contributed by atoms with van der Waals surface area (Å²) >= 11 is 5.96. The van der Waals surface area contributed by atoms with Crippen molar-refractivity contribution in [3.05, 3.63) is 23.2 Å². The Morgan fingerprint density at radius 1 is 1.42 bits per heavy atom. The molecule has 4 nitrogen and oxygen atoms in total. The van der Waals surface area contributed by atoms with E-state index in [1.54, 1.807) is 26.2 Å². The molecule has 1 aromatic carbocycles. The molecule has 0 fully saturated rings. The molecule has 0 bridgehead atoms. The quantitative estimate of drug-likeness (QED) is 0.779. The third kappa shape index (κ3) is 4.63. The van der Waals surface area contributed by atoms with Crippen LogP contribution in [0.5, 0.6) is 5.75 Å². The van der Waals surface area contributed by atoms with E-state index in [9.17, 15) is 4.79 Å². The fourth-order valence-corrected chi connectivity index (χ4v) is 1.93. The van der Waals surface area contributed by atoms with Gasteiger partial charge in [0.1, 0.15) is 11.8 Å². The van der Waals surface area contributed by atoms with Crippen molar-refractivity contribution in [1.29, 1.82) is 0 Å². The number of carbonyl (C=O) groups excluding carboxylic acids is 1. The van der Waals surface area contributed by atoms with Crippen LogP contribution in [0.1, 0.15) is 26.7 Å². The largest absolute Gasteiger partial charge is 0.495 e. The average molecular weight is 286 g/mol. The highest BCUT2D eigenvalue weighted by Crippen LogP contribution is 2.28. The fourth-order valence-electron chi connectivity index (χ4n) is 1.73. The summed E-state index contributed by atoms with van der Waals surface area (Å²) in [6.07, 6.45) is 1.60. The summed E-state index contributed by atoms with van der Waals surface area (Å²) in [7, 11) is 1.56. The zero-order chi connectivity index (χ0) is 14.3. The van der Waals surface area contributed by atoms with E-state index in [-0.39, 0.29) is 12.0 Å². The van der Waals surface area contributed by atoms with Crippen LogP contribution in [0.15, 0.2) is 18.2 Å². The summed E-state index contributed by atoms with van der Waals surface area (Å²) in [5.41, 5.74) is 0.785. The van der Waals surface area contributed by atoms with Crippen molar-refractivity contribution in [2.45, 2.75) is 32.7 Å². The second-order valence-electron chi connectivity index (χ2n) is 4.09. The minimum absolute atomic E-state index is 0.238. The lowest BCUT2D eigenvalue weighted by Gasteiger charge is -2.18. The first-order valence-electron chi connectivity index (χ1n) is 6.39. The van der Waals surface area contributed by atoms with E-state index in [1.165, 1.54) is 0 Å². The van der Waals surface area contributed by atoms with E-state index in [0.29, 0.717) is 23.8 Å². The van der Waals surface area contributed by atoms with Crippen LogP contribution in [-0.4, -0.2) is 25.7 Å². The molecule has 0 aliphatic heterocycles. The van der Waals surface area contributed by atoms with Gasteiger partial charge in [0.05, 0.1) is 18.7 Å². The fraction of sp³-hybridized carbons (Fsp3) is 0.500. The zero-order valence-corrected chi connectivity index (χ0v) is 12.3. The topological polar surface area (TPSA) is 47.6 Å². The summed E-state index contributed by atoms with van der Waals surface area (Å²) < 4.78 is 10.2. The van der Waals surface area contributed by atoms with Gasteiger partial charge in [0.15, 0.2) is 0 Å². The van der Waals surface area contributed by atoms with Crippen molar-refractivity contribution in [3.63, 3.8) is 0 Å². The highest BCUT2D eigenvalue weighted by Gasteiger charge is 2.18. The van der Waals surface area contributed by atoms with Crippen molar-refractivity contribution >= 4 is 23.3 Å². The van der Waals surface area contributed by atoms with Crippen LogP contribution >= 0.6 is 11.6 Å². The first-order valence-corrected chi connectivity index (χ1v) is 6.76. The van der Waals surface area contributed by atoms with Crippen LogP contribution in [0.3, 0.4) is 0 Å². The Morgan fingerprint density at radius 2 is 2.16 bits per heavy atom. The molecule has 0 radical (unpaired) electrons. The van der Waals surface area contributed by atoms with Gasteiger partial charge in [0.2, 0.25) is 0 Å². The molecular formula is C14H20ClNO3. The molecule has 5 heteroatoms. The molecule has 106 valence electrons. The van der Waals surface area contributed by atoms with Crippen molar-refractivity contribution in [3.8, 4) is 5.75 Å². The van der Waals surface area contributed by atoms with Crippen molar-refractivity contribution in [2.75, 3.05) is 19.0 Å². The number of halogens is 1. The molecule has 0 spiro atoms. The lowest BCUT2D eigenvalue weighted by molar-refractivity contribution is -0.144. The first-order chi connectivity index (χ1) is 9.12. The Hall–Kier alpha value is -1.42. The second-order valence-corrected chi connectivity index (χ2v) is 4.49. The van der Waals surface area contributed by atoms with Crippen LogP contribution in [0, 0.1) is 0 Å². The monoisotopic (exact) mass is 285 g/mol. The van der Waals surface area contributed by atoms with Gasteiger partial charge in [0, 0.05) is 11.8 Å². The van der Waals surface area contributed by atoms with E-state index in [4.69, 9.17) is 21.1 Å². The van der Waals surface area contributed by atoms with Crippen LogP contribution < -0.4 is 10.1 Å². The van der Waals surface area contributed by atoms with Crippen LogP contribution in [0.25, 0.3) is 0 Å². The van der Waals surface area contributed by atoms with Crippen molar-refractivity contribution in [2.24, 2.45) is 0 Å². The molecule has 0 aliphatic carbocycles. The molecule has 19 heavy (non-hydrogen) atoms. The van der Waals surface area contributed by atoms with Crippen LogP contribution in [0.4, 0.5) is 5.69 Å². The number of hydrogen-bond donors (Lipinski definition) is 1. The minimum Gasteiger partial charge on any atom is -0.495 e. The van der Waals surface area contributed by atoms with Gasteiger partial charge in [-0.25, -0.2) is 4.79 Å². The van der Waals surface area contributed by atoms with Gasteiger partial charge in [-0.05, 0) is 25.5 Å². The van der Waals surface area contributed by atoms with Gasteiger partial charge in [-0.15, -0.1) is 0 Å². The number of ether oxygens (including phenoxy) is 2. The molecule has 1 atom stereocenters. The third-order valence-electron chi connectivity index (χ3n) is 2.64. The molecule has 1 rings (SSSR count). The van der Waals surface area contributed by atoms with Gasteiger partial charge in [0.25, 0.3) is 0 Å². The normalized spacial score (nSPS) is 11.8. The van der Waals surface area contributed by atoms with E-state index >= 15 is 0 Å². The summed E-state index contributed by atoms with van der Waals surface area (Å²) in [6.45, 7) is 4.20. The molecule has 1 unspecified atom stereocenters. The Morgan fingerprint density at radius 3 is 2.74 bits per heavy atom. The molecule has 0 saturated carbocycles. The Bertz CT molecular complexity index is 423. The predicted molar refractivity (Wildman–Crippen MR) is 77.0 cm³/mol. The number of methoxy groups -OCH3 is 1. The number of carbonyl (C=O) groups is 1. The van der Waals surface area contributed by atoms with Gasteiger partial charge in [-0.3, -0.25) is 0 Å². The smallest absolute Gasteiger partial charge is 0.328 e. The molecule has 0 heterocycles. The maximum atomic E-state index is 11.8. The maximum Gasteiger partial charge on any atom is 0.328 e. The lowest BCUT2D eigenvalue weighted by atomic mass is 10.1. The number of benzene rings is 1. The van der Waals surface area contributed by atoms with E-state index in [0.717, 1.165) is 12.1 Å². The SMILES string of the molecule is CCCC(Nc1ccc(Cl)c(OC)c1)C(=O)OCC. The van der Waals surface area contributed by atoms with Gasteiger partial charge in [-0.1, -0.05) is 24.9 Å². The third-order valence-corrected chi connectivity index (χ3v) is 2.95.